The Morgan fingerprint density at radius 3 is 1.69 bits per heavy atom. The first-order valence-corrected chi connectivity index (χ1v) is 3.01. The Hall–Kier alpha value is -0.720. The smallest absolute Gasteiger partial charge is 0.376 e. The van der Waals surface area contributed by atoms with E-state index in [1.165, 1.54) is 0 Å². The second kappa shape index (κ2) is 3.21. The maximum atomic E-state index is 12.4. The number of hydrogen-bond acceptors (Lipinski definition) is 1. The second-order valence-corrected chi connectivity index (χ2v) is 2.49. The maximum absolute atomic E-state index is 12.4. The van der Waals surface area contributed by atoms with Crippen LogP contribution in [-0.2, 0) is 0 Å². The summed E-state index contributed by atoms with van der Waals surface area (Å²) >= 11 is 0. The van der Waals surface area contributed by atoms with Gasteiger partial charge in [0.15, 0.2) is 0 Å². The highest BCUT2D eigenvalue weighted by molar-refractivity contribution is 5.06. The minimum Gasteiger partial charge on any atom is -0.376 e. The lowest BCUT2D eigenvalue weighted by atomic mass is 9.97. The molecule has 13 heavy (non-hydrogen) atoms. The Kier molecular flexibility index (Phi) is 3.03. The van der Waals surface area contributed by atoms with Crippen molar-refractivity contribution in [2.45, 2.75) is 24.6 Å². The highest BCUT2D eigenvalue weighted by atomic mass is 19.4. The largest absolute Gasteiger partial charge is 0.423 e. The average Bonchev–Trinajstić information content (AvgIpc) is 1.84. The lowest BCUT2D eigenvalue weighted by Gasteiger charge is -2.31. The van der Waals surface area contributed by atoms with Crippen LogP contribution in [0.1, 0.15) is 6.92 Å². The van der Waals surface area contributed by atoms with E-state index in [9.17, 15) is 26.3 Å². The summed E-state index contributed by atoms with van der Waals surface area (Å²) in [5, 5.41) is 8.42. The summed E-state index contributed by atoms with van der Waals surface area (Å²) in [6.45, 7) is -0.132. The van der Waals surface area contributed by atoms with E-state index in [0.29, 0.717) is 0 Å². The van der Waals surface area contributed by atoms with Crippen LogP contribution in [0.3, 0.4) is 0 Å². The van der Waals surface area contributed by atoms with E-state index in [0.717, 1.165) is 0 Å². The van der Waals surface area contributed by atoms with Gasteiger partial charge in [0.25, 0.3) is 0 Å². The average molecular weight is 208 g/mol. The van der Waals surface area contributed by atoms with Crippen molar-refractivity contribution in [3.05, 3.63) is 12.4 Å². The lowest BCUT2D eigenvalue weighted by Crippen LogP contribution is -2.55. The third-order valence-corrected chi connectivity index (χ3v) is 1.47. The van der Waals surface area contributed by atoms with Crippen LogP contribution < -0.4 is 0 Å². The molecule has 0 bridgehead atoms. The monoisotopic (exact) mass is 208 g/mol. The normalized spacial score (nSPS) is 19.1. The zero-order valence-electron chi connectivity index (χ0n) is 6.37. The molecule has 7 heteroatoms. The number of hydrogen-bond donors (Lipinski definition) is 1. The predicted molar refractivity (Wildman–Crippen MR) is 31.9 cm³/mol. The number of aliphatic hydroxyl groups is 1. The zero-order chi connectivity index (χ0) is 10.9. The van der Waals surface area contributed by atoms with E-state index in [1.807, 2.05) is 0 Å². The topological polar surface area (TPSA) is 20.2 Å². The van der Waals surface area contributed by atoms with Crippen molar-refractivity contribution in [1.29, 1.82) is 0 Å². The summed E-state index contributed by atoms with van der Waals surface area (Å²) < 4.78 is 71.4. The summed E-state index contributed by atoms with van der Waals surface area (Å²) in [5.41, 5.74) is -4.28. The molecule has 1 unspecified atom stereocenters. The fourth-order valence-corrected chi connectivity index (χ4v) is 0.430. The highest BCUT2D eigenvalue weighted by Gasteiger charge is 2.64. The molecular formula is C6H6F6O. The van der Waals surface area contributed by atoms with Gasteiger partial charge in [-0.1, -0.05) is 0 Å². The Labute approximate surface area is 69.7 Å². The van der Waals surface area contributed by atoms with Gasteiger partial charge in [-0.2, -0.15) is 22.0 Å². The summed E-state index contributed by atoms with van der Waals surface area (Å²) in [6.07, 6.45) is -6.93. The van der Waals surface area contributed by atoms with E-state index in [-0.39, 0.29) is 6.92 Å². The molecule has 0 amide bonds. The molecule has 0 aliphatic carbocycles. The van der Waals surface area contributed by atoms with Crippen LogP contribution in [0, 0.1) is 0 Å². The van der Waals surface area contributed by atoms with Gasteiger partial charge >= 0.3 is 12.1 Å². The van der Waals surface area contributed by atoms with Crippen LogP contribution in [0.5, 0.6) is 0 Å². The molecule has 1 N–H and O–H groups in total. The molecule has 78 valence electrons. The first-order valence-electron chi connectivity index (χ1n) is 3.01. The van der Waals surface area contributed by atoms with Gasteiger partial charge < -0.3 is 5.11 Å². The highest BCUT2D eigenvalue weighted by Crippen LogP contribution is 2.42. The van der Waals surface area contributed by atoms with Crippen molar-refractivity contribution in [3.63, 3.8) is 0 Å². The van der Waals surface area contributed by atoms with Crippen molar-refractivity contribution in [2.75, 3.05) is 0 Å². The quantitative estimate of drug-likeness (QED) is 0.691. The van der Waals surface area contributed by atoms with Crippen LogP contribution in [0.4, 0.5) is 26.3 Å². The third-order valence-electron chi connectivity index (χ3n) is 1.47. The third kappa shape index (κ3) is 2.15. The van der Waals surface area contributed by atoms with Crippen LogP contribution in [-0.4, -0.2) is 22.8 Å². The summed E-state index contributed by atoms with van der Waals surface area (Å²) in [7, 11) is 0. The van der Waals surface area contributed by atoms with E-state index in [4.69, 9.17) is 5.11 Å². The van der Waals surface area contributed by atoms with Gasteiger partial charge in [0.1, 0.15) is 0 Å². The lowest BCUT2D eigenvalue weighted by molar-refractivity contribution is -0.311. The first-order chi connectivity index (χ1) is 5.56. The van der Waals surface area contributed by atoms with Gasteiger partial charge in [-0.3, -0.25) is 0 Å². The minimum absolute atomic E-state index is 0.132. The molecule has 0 fully saturated rings. The van der Waals surface area contributed by atoms with Crippen molar-refractivity contribution in [1.82, 2.24) is 0 Å². The number of halogens is 6. The van der Waals surface area contributed by atoms with Crippen LogP contribution >= 0.6 is 0 Å². The van der Waals surface area contributed by atoms with Crippen molar-refractivity contribution in [3.8, 4) is 0 Å². The van der Waals surface area contributed by atoms with E-state index in [2.05, 4.69) is 0 Å². The molecule has 0 rings (SSSR count). The molecule has 0 aromatic rings. The summed E-state index contributed by atoms with van der Waals surface area (Å²) in [4.78, 5) is 0. The molecule has 0 aromatic carbocycles. The van der Waals surface area contributed by atoms with Crippen molar-refractivity contribution in [2.24, 2.45) is 0 Å². The SMILES string of the molecule is CC(O)(C(F)(F)F)C(F)(F)C=CF. The molecule has 0 spiro atoms. The fraction of sp³-hybridized carbons (Fsp3) is 0.667. The van der Waals surface area contributed by atoms with Gasteiger partial charge in [-0.25, -0.2) is 4.39 Å². The van der Waals surface area contributed by atoms with Gasteiger partial charge in [0.2, 0.25) is 5.60 Å². The molecule has 0 heterocycles. The number of rotatable bonds is 2. The van der Waals surface area contributed by atoms with Gasteiger partial charge in [-0.15, -0.1) is 0 Å². The Balaban J connectivity index is 5.03. The summed E-state index contributed by atoms with van der Waals surface area (Å²) in [5.74, 6) is -4.69. The molecule has 0 aromatic heterocycles. The van der Waals surface area contributed by atoms with Crippen molar-refractivity contribution >= 4 is 0 Å². The van der Waals surface area contributed by atoms with E-state index < -0.39 is 30.1 Å². The van der Waals surface area contributed by atoms with E-state index in [1.54, 1.807) is 0 Å². The van der Waals surface area contributed by atoms with Gasteiger partial charge in [0.05, 0.1) is 6.33 Å². The maximum Gasteiger partial charge on any atom is 0.423 e. The Morgan fingerprint density at radius 2 is 1.46 bits per heavy atom. The Bertz CT molecular complexity index is 204. The first kappa shape index (κ1) is 12.3. The standard InChI is InChI=1S/C6H6F6O/c1-4(13,6(10,11)12)5(8,9)2-3-7/h2-3,13H,1H3. The van der Waals surface area contributed by atoms with E-state index >= 15 is 0 Å². The van der Waals surface area contributed by atoms with Gasteiger partial charge in [0, 0.05) is 6.08 Å². The Morgan fingerprint density at radius 1 is 1.08 bits per heavy atom. The molecule has 0 aliphatic heterocycles. The van der Waals surface area contributed by atoms with Gasteiger partial charge in [-0.05, 0) is 6.92 Å². The number of alkyl halides is 5. The molecule has 0 saturated heterocycles. The summed E-state index contributed by atoms with van der Waals surface area (Å²) in [6, 6.07) is 0. The van der Waals surface area contributed by atoms with Crippen LogP contribution in [0.25, 0.3) is 0 Å². The molecule has 0 radical (unpaired) electrons. The van der Waals surface area contributed by atoms with Crippen LogP contribution in [0.15, 0.2) is 12.4 Å². The predicted octanol–water partition coefficient (Wildman–Crippen LogP) is 2.42. The zero-order valence-corrected chi connectivity index (χ0v) is 6.37. The molecule has 1 atom stereocenters. The van der Waals surface area contributed by atoms with Crippen LogP contribution in [0.2, 0.25) is 0 Å². The molecule has 0 saturated carbocycles. The molecule has 0 aliphatic rings. The molecular weight excluding hydrogens is 202 g/mol. The van der Waals surface area contributed by atoms with Crippen molar-refractivity contribution < 1.29 is 31.4 Å². The molecule has 1 nitrogen and oxygen atoms in total. The fourth-order valence-electron chi connectivity index (χ4n) is 0.430. The minimum atomic E-state index is -5.53. The second-order valence-electron chi connectivity index (χ2n) is 2.49.